The molecule has 0 saturated heterocycles. The summed E-state index contributed by atoms with van der Waals surface area (Å²) in [5, 5.41) is 0. The molecule has 106 valence electrons. The topological polar surface area (TPSA) is 46.3 Å². The van der Waals surface area contributed by atoms with Crippen LogP contribution < -0.4 is 5.73 Å². The maximum Gasteiger partial charge on any atom is 0.223 e. The number of carbonyl (C=O) groups is 1. The Labute approximate surface area is 123 Å². The van der Waals surface area contributed by atoms with Gasteiger partial charge in [0.05, 0.1) is 10.9 Å². The van der Waals surface area contributed by atoms with Crippen LogP contribution in [0.15, 0.2) is 12.1 Å². The quantitative estimate of drug-likeness (QED) is 0.876. The molecular weight excluding hydrogens is 280 g/mol. The van der Waals surface area contributed by atoms with Crippen molar-refractivity contribution in [1.29, 1.82) is 0 Å². The third-order valence-electron chi connectivity index (χ3n) is 4.08. The molecule has 0 aromatic carbocycles. The minimum absolute atomic E-state index is 0.0810. The Morgan fingerprint density at radius 1 is 1.53 bits per heavy atom. The molecule has 0 aliphatic heterocycles. The molecule has 5 heteroatoms. The van der Waals surface area contributed by atoms with Gasteiger partial charge in [-0.25, -0.2) is 0 Å². The fraction of sp³-hybridized carbons (Fsp3) is 0.643. The number of nitrogens with two attached hydrogens (primary N) is 1. The first-order valence-corrected chi connectivity index (χ1v) is 8.00. The molecule has 1 saturated carbocycles. The van der Waals surface area contributed by atoms with E-state index in [-0.39, 0.29) is 11.3 Å². The largest absolute Gasteiger partial charge is 0.338 e. The van der Waals surface area contributed by atoms with Gasteiger partial charge in [0.25, 0.3) is 0 Å². The molecular formula is C14H21ClN2OS. The number of thiophene rings is 1. The van der Waals surface area contributed by atoms with Crippen molar-refractivity contribution in [3.05, 3.63) is 21.3 Å². The Hall–Kier alpha value is -0.580. The van der Waals surface area contributed by atoms with Crippen molar-refractivity contribution < 1.29 is 4.79 Å². The lowest BCUT2D eigenvalue weighted by atomic mass is 9.66. The van der Waals surface area contributed by atoms with E-state index < -0.39 is 0 Å². The van der Waals surface area contributed by atoms with Crippen LogP contribution in [0.4, 0.5) is 0 Å². The summed E-state index contributed by atoms with van der Waals surface area (Å²) >= 11 is 7.46. The maximum atomic E-state index is 12.4. The van der Waals surface area contributed by atoms with Gasteiger partial charge in [0.2, 0.25) is 5.91 Å². The Bertz CT molecular complexity index is 437. The summed E-state index contributed by atoms with van der Waals surface area (Å²) in [5.74, 6) is 0.220. The average molecular weight is 301 g/mol. The summed E-state index contributed by atoms with van der Waals surface area (Å²) < 4.78 is 0.774. The second kappa shape index (κ2) is 6.25. The van der Waals surface area contributed by atoms with Crippen molar-refractivity contribution in [2.45, 2.75) is 39.2 Å². The van der Waals surface area contributed by atoms with Crippen LogP contribution in [0, 0.1) is 5.41 Å². The van der Waals surface area contributed by atoms with Crippen LogP contribution in [0.1, 0.15) is 37.5 Å². The zero-order valence-electron chi connectivity index (χ0n) is 11.3. The molecule has 3 nitrogen and oxygen atoms in total. The van der Waals surface area contributed by atoms with Crippen molar-refractivity contribution in [3.8, 4) is 0 Å². The summed E-state index contributed by atoms with van der Waals surface area (Å²) in [7, 11) is 0. The highest BCUT2D eigenvalue weighted by Crippen LogP contribution is 2.43. The summed E-state index contributed by atoms with van der Waals surface area (Å²) in [6.07, 6.45) is 3.99. The van der Waals surface area contributed by atoms with Gasteiger partial charge in [-0.3, -0.25) is 4.79 Å². The number of amides is 1. The van der Waals surface area contributed by atoms with Gasteiger partial charge in [-0.1, -0.05) is 18.0 Å². The molecule has 1 aromatic heterocycles. The molecule has 1 aromatic rings. The predicted molar refractivity (Wildman–Crippen MR) is 80.4 cm³/mol. The Balaban J connectivity index is 1.95. The smallest absolute Gasteiger partial charge is 0.223 e. The van der Waals surface area contributed by atoms with E-state index in [1.54, 1.807) is 0 Å². The zero-order valence-corrected chi connectivity index (χ0v) is 12.9. The summed E-state index contributed by atoms with van der Waals surface area (Å²) in [6, 6.07) is 3.87. The highest BCUT2D eigenvalue weighted by Gasteiger charge is 2.38. The number of rotatable bonds is 6. The highest BCUT2D eigenvalue weighted by molar-refractivity contribution is 7.16. The molecule has 2 N–H and O–H groups in total. The monoisotopic (exact) mass is 300 g/mol. The van der Waals surface area contributed by atoms with Gasteiger partial charge in [-0.15, -0.1) is 11.3 Å². The van der Waals surface area contributed by atoms with Gasteiger partial charge in [-0.05, 0) is 43.9 Å². The van der Waals surface area contributed by atoms with E-state index in [0.29, 0.717) is 19.5 Å². The standard InChI is InChI=1S/C14H21ClN2OS/c1-2-17(9-11-4-5-12(15)19-11)13(18)8-14(10-16)6-3-7-14/h4-5H,2-3,6-10,16H2,1H3. The summed E-state index contributed by atoms with van der Waals surface area (Å²) in [4.78, 5) is 15.4. The fourth-order valence-corrected chi connectivity index (χ4v) is 3.67. The van der Waals surface area contributed by atoms with Crippen LogP contribution in [-0.4, -0.2) is 23.9 Å². The number of halogens is 1. The molecule has 1 heterocycles. The zero-order chi connectivity index (χ0) is 13.9. The van der Waals surface area contributed by atoms with Gasteiger partial charge in [0.1, 0.15) is 0 Å². The maximum absolute atomic E-state index is 12.4. The van der Waals surface area contributed by atoms with E-state index in [4.69, 9.17) is 17.3 Å². The van der Waals surface area contributed by atoms with E-state index >= 15 is 0 Å². The molecule has 1 aliphatic rings. The van der Waals surface area contributed by atoms with E-state index in [9.17, 15) is 4.79 Å². The molecule has 0 radical (unpaired) electrons. The van der Waals surface area contributed by atoms with Crippen molar-refractivity contribution in [1.82, 2.24) is 4.90 Å². The highest BCUT2D eigenvalue weighted by atomic mass is 35.5. The van der Waals surface area contributed by atoms with E-state index in [1.165, 1.54) is 17.8 Å². The fourth-order valence-electron chi connectivity index (χ4n) is 2.56. The van der Waals surface area contributed by atoms with Crippen LogP contribution in [0.3, 0.4) is 0 Å². The van der Waals surface area contributed by atoms with E-state index in [0.717, 1.165) is 28.6 Å². The first-order valence-electron chi connectivity index (χ1n) is 6.80. The summed E-state index contributed by atoms with van der Waals surface area (Å²) in [6.45, 7) is 4.03. The van der Waals surface area contributed by atoms with Gasteiger partial charge in [0, 0.05) is 17.8 Å². The minimum Gasteiger partial charge on any atom is -0.338 e. The molecule has 2 rings (SSSR count). The lowest BCUT2D eigenvalue weighted by molar-refractivity contribution is -0.135. The van der Waals surface area contributed by atoms with E-state index in [1.807, 2.05) is 24.0 Å². The van der Waals surface area contributed by atoms with Crippen molar-refractivity contribution in [2.24, 2.45) is 11.1 Å². The van der Waals surface area contributed by atoms with Crippen molar-refractivity contribution in [2.75, 3.05) is 13.1 Å². The van der Waals surface area contributed by atoms with Crippen LogP contribution in [0.2, 0.25) is 4.34 Å². The van der Waals surface area contributed by atoms with Gasteiger partial charge in [-0.2, -0.15) is 0 Å². The molecule has 0 unspecified atom stereocenters. The molecule has 1 amide bonds. The lowest BCUT2D eigenvalue weighted by Gasteiger charge is -2.41. The van der Waals surface area contributed by atoms with Crippen LogP contribution >= 0.6 is 22.9 Å². The summed E-state index contributed by atoms with van der Waals surface area (Å²) in [5.41, 5.74) is 5.91. The van der Waals surface area contributed by atoms with E-state index in [2.05, 4.69) is 0 Å². The first kappa shape index (κ1) is 14.8. The van der Waals surface area contributed by atoms with Gasteiger partial charge < -0.3 is 10.6 Å². The van der Waals surface area contributed by atoms with Crippen LogP contribution in [0.5, 0.6) is 0 Å². The van der Waals surface area contributed by atoms with Crippen LogP contribution in [0.25, 0.3) is 0 Å². The predicted octanol–water partition coefficient (Wildman–Crippen LogP) is 3.27. The third-order valence-corrected chi connectivity index (χ3v) is 5.30. The number of hydrogen-bond acceptors (Lipinski definition) is 3. The molecule has 1 fully saturated rings. The number of hydrogen-bond donors (Lipinski definition) is 1. The number of carbonyl (C=O) groups excluding carboxylic acids is 1. The molecule has 0 atom stereocenters. The minimum atomic E-state index is 0.0810. The van der Waals surface area contributed by atoms with Crippen molar-refractivity contribution >= 4 is 28.8 Å². The molecule has 19 heavy (non-hydrogen) atoms. The normalized spacial score (nSPS) is 17.0. The van der Waals surface area contributed by atoms with Gasteiger partial charge in [0.15, 0.2) is 0 Å². The van der Waals surface area contributed by atoms with Gasteiger partial charge >= 0.3 is 0 Å². The second-order valence-electron chi connectivity index (χ2n) is 5.35. The van der Waals surface area contributed by atoms with Crippen LogP contribution in [-0.2, 0) is 11.3 Å². The number of nitrogens with zero attached hydrogens (tertiary/aromatic N) is 1. The molecule has 1 aliphatic carbocycles. The lowest BCUT2D eigenvalue weighted by Crippen LogP contribution is -2.43. The SMILES string of the molecule is CCN(Cc1ccc(Cl)s1)C(=O)CC1(CN)CCC1. The van der Waals surface area contributed by atoms with Crippen molar-refractivity contribution in [3.63, 3.8) is 0 Å². The second-order valence-corrected chi connectivity index (χ2v) is 7.15. The third kappa shape index (κ3) is 3.50. The first-order chi connectivity index (χ1) is 9.08. The molecule has 0 bridgehead atoms. The average Bonchev–Trinajstić information content (AvgIpc) is 2.76. The Morgan fingerprint density at radius 2 is 2.26 bits per heavy atom. The Kier molecular flexibility index (Phi) is 4.87. The molecule has 0 spiro atoms. The Morgan fingerprint density at radius 3 is 2.68 bits per heavy atom.